The molecule has 1 nitrogen and oxygen atoms in total. The van der Waals surface area contributed by atoms with Gasteiger partial charge in [0.2, 0.25) is 0 Å². The molecule has 0 N–H and O–H groups in total. The van der Waals surface area contributed by atoms with Crippen LogP contribution < -0.4 is 0 Å². The Labute approximate surface area is 163 Å². The van der Waals surface area contributed by atoms with E-state index in [1.807, 2.05) is 36.4 Å². The molecular weight excluding hydrogens is 326 g/mol. The Hall–Kier alpha value is -2.93. The number of rotatable bonds is 4. The molecule has 136 valence electrons. The lowest BCUT2D eigenvalue weighted by atomic mass is 9.83. The summed E-state index contributed by atoms with van der Waals surface area (Å²) in [4.78, 5) is 5.10. The summed E-state index contributed by atoms with van der Waals surface area (Å²) in [7, 11) is 0. The molecule has 3 rings (SSSR count). The molecule has 0 aliphatic heterocycles. The van der Waals surface area contributed by atoms with Crippen molar-refractivity contribution in [2.45, 2.75) is 33.1 Å². The molecular formula is C26H27N. The molecule has 0 aromatic heterocycles. The third-order valence-electron chi connectivity index (χ3n) is 4.80. The van der Waals surface area contributed by atoms with Gasteiger partial charge in [0.25, 0.3) is 0 Å². The van der Waals surface area contributed by atoms with E-state index in [1.165, 1.54) is 11.1 Å². The smallest absolute Gasteiger partial charge is 0.0781 e. The summed E-state index contributed by atoms with van der Waals surface area (Å²) in [5, 5.41) is 0. The predicted molar refractivity (Wildman–Crippen MR) is 118 cm³/mol. The van der Waals surface area contributed by atoms with Gasteiger partial charge in [-0.25, -0.2) is 4.99 Å². The molecule has 0 bridgehead atoms. The van der Waals surface area contributed by atoms with Gasteiger partial charge in [0.15, 0.2) is 0 Å². The molecule has 0 amide bonds. The molecule has 0 spiro atoms. The summed E-state index contributed by atoms with van der Waals surface area (Å²) in [5.74, 6) is 0. The fraction of sp³-hybridized carbons (Fsp3) is 0.192. The van der Waals surface area contributed by atoms with Crippen molar-refractivity contribution in [2.24, 2.45) is 4.99 Å². The second-order valence-corrected chi connectivity index (χ2v) is 7.87. The molecule has 0 atom stereocenters. The van der Waals surface area contributed by atoms with Crippen molar-refractivity contribution < 1.29 is 0 Å². The largest absolute Gasteiger partial charge is 0.248 e. The molecule has 1 heteroatoms. The molecule has 0 saturated heterocycles. The van der Waals surface area contributed by atoms with Gasteiger partial charge in [0.1, 0.15) is 0 Å². The molecule has 0 unspecified atom stereocenters. The maximum atomic E-state index is 5.10. The van der Waals surface area contributed by atoms with Crippen molar-refractivity contribution in [3.05, 3.63) is 108 Å². The molecule has 0 fully saturated rings. The second kappa shape index (κ2) is 7.75. The first kappa shape index (κ1) is 18.8. The fourth-order valence-corrected chi connectivity index (χ4v) is 3.36. The number of aliphatic imine (C=N–C) groups is 1. The Morgan fingerprint density at radius 1 is 0.741 bits per heavy atom. The molecule has 27 heavy (non-hydrogen) atoms. The molecule has 3 aromatic carbocycles. The first-order chi connectivity index (χ1) is 12.9. The number of hydrogen-bond donors (Lipinski definition) is 0. The SMILES string of the molecule is C=C(/C(=N\c1cccc(C(C)(C)C)c1C)c1ccccc1)c1ccccc1. The molecule has 0 aliphatic rings. The van der Waals surface area contributed by atoms with E-state index >= 15 is 0 Å². The van der Waals surface area contributed by atoms with Crippen LogP contribution in [0.1, 0.15) is 43.0 Å². The van der Waals surface area contributed by atoms with Crippen molar-refractivity contribution in [1.29, 1.82) is 0 Å². The normalized spacial score (nSPS) is 12.1. The van der Waals surface area contributed by atoms with Crippen LogP contribution in [0.4, 0.5) is 5.69 Å². The summed E-state index contributed by atoms with van der Waals surface area (Å²) in [6.45, 7) is 13.2. The monoisotopic (exact) mass is 353 g/mol. The highest BCUT2D eigenvalue weighted by Gasteiger charge is 2.18. The van der Waals surface area contributed by atoms with E-state index in [2.05, 4.69) is 76.7 Å². The van der Waals surface area contributed by atoms with Crippen molar-refractivity contribution >= 4 is 17.0 Å². The standard InChI is InChI=1S/C26H27N/c1-19(21-13-8-6-9-14-21)25(22-15-10-7-11-16-22)27-24-18-12-17-23(20(24)2)26(3,4)5/h6-18H,1H2,2-5H3/b27-25+. The molecule has 0 radical (unpaired) electrons. The zero-order valence-corrected chi connectivity index (χ0v) is 16.7. The van der Waals surface area contributed by atoms with E-state index in [4.69, 9.17) is 4.99 Å². The Bertz CT molecular complexity index is 958. The van der Waals surface area contributed by atoms with Crippen molar-refractivity contribution in [2.75, 3.05) is 0 Å². The van der Waals surface area contributed by atoms with Crippen molar-refractivity contribution in [3.8, 4) is 0 Å². The lowest BCUT2D eigenvalue weighted by molar-refractivity contribution is 0.586. The topological polar surface area (TPSA) is 12.4 Å². The number of benzene rings is 3. The molecule has 0 aliphatic carbocycles. The summed E-state index contributed by atoms with van der Waals surface area (Å²) in [5.41, 5.74) is 7.63. The van der Waals surface area contributed by atoms with Gasteiger partial charge in [-0.1, -0.05) is 100 Å². The lowest BCUT2D eigenvalue weighted by Crippen LogP contribution is -2.13. The second-order valence-electron chi connectivity index (χ2n) is 7.87. The number of hydrogen-bond acceptors (Lipinski definition) is 1. The first-order valence-corrected chi connectivity index (χ1v) is 9.37. The maximum absolute atomic E-state index is 5.10. The van der Waals surface area contributed by atoms with Gasteiger partial charge in [-0.05, 0) is 35.1 Å². The highest BCUT2D eigenvalue weighted by Crippen LogP contribution is 2.32. The van der Waals surface area contributed by atoms with Crippen LogP contribution in [-0.4, -0.2) is 5.71 Å². The van der Waals surface area contributed by atoms with Gasteiger partial charge in [0.05, 0.1) is 11.4 Å². The first-order valence-electron chi connectivity index (χ1n) is 9.37. The molecule has 3 aromatic rings. The van der Waals surface area contributed by atoms with Gasteiger partial charge in [-0.2, -0.15) is 0 Å². The van der Waals surface area contributed by atoms with E-state index in [0.717, 1.165) is 28.1 Å². The van der Waals surface area contributed by atoms with Crippen LogP contribution >= 0.6 is 0 Å². The maximum Gasteiger partial charge on any atom is 0.0781 e. The van der Waals surface area contributed by atoms with E-state index in [9.17, 15) is 0 Å². The average molecular weight is 354 g/mol. The highest BCUT2D eigenvalue weighted by atomic mass is 14.8. The van der Waals surface area contributed by atoms with Gasteiger partial charge < -0.3 is 0 Å². The fourth-order valence-electron chi connectivity index (χ4n) is 3.36. The van der Waals surface area contributed by atoms with Crippen LogP contribution in [0.25, 0.3) is 5.57 Å². The van der Waals surface area contributed by atoms with Crippen molar-refractivity contribution in [3.63, 3.8) is 0 Å². The van der Waals surface area contributed by atoms with Gasteiger partial charge in [-0.15, -0.1) is 0 Å². The third kappa shape index (κ3) is 4.25. The Kier molecular flexibility index (Phi) is 5.41. The van der Waals surface area contributed by atoms with Crippen LogP contribution in [0, 0.1) is 6.92 Å². The zero-order chi connectivity index (χ0) is 19.4. The van der Waals surface area contributed by atoms with E-state index in [0.29, 0.717) is 0 Å². The Morgan fingerprint density at radius 3 is 1.85 bits per heavy atom. The van der Waals surface area contributed by atoms with Gasteiger partial charge in [0, 0.05) is 11.1 Å². The molecule has 0 heterocycles. The van der Waals surface area contributed by atoms with Gasteiger partial charge >= 0.3 is 0 Å². The van der Waals surface area contributed by atoms with Crippen LogP contribution in [0.5, 0.6) is 0 Å². The minimum Gasteiger partial charge on any atom is -0.248 e. The summed E-state index contributed by atoms with van der Waals surface area (Å²) in [6, 6.07) is 26.9. The summed E-state index contributed by atoms with van der Waals surface area (Å²) >= 11 is 0. The third-order valence-corrected chi connectivity index (χ3v) is 4.80. The lowest BCUT2D eigenvalue weighted by Gasteiger charge is -2.22. The van der Waals surface area contributed by atoms with Crippen LogP contribution in [0.15, 0.2) is 90.4 Å². The van der Waals surface area contributed by atoms with E-state index in [-0.39, 0.29) is 5.41 Å². The van der Waals surface area contributed by atoms with E-state index in [1.54, 1.807) is 0 Å². The Morgan fingerprint density at radius 2 is 1.30 bits per heavy atom. The van der Waals surface area contributed by atoms with E-state index < -0.39 is 0 Å². The summed E-state index contributed by atoms with van der Waals surface area (Å²) < 4.78 is 0. The summed E-state index contributed by atoms with van der Waals surface area (Å²) in [6.07, 6.45) is 0. The zero-order valence-electron chi connectivity index (χ0n) is 16.7. The Balaban J connectivity index is 2.16. The van der Waals surface area contributed by atoms with Crippen LogP contribution in [-0.2, 0) is 5.41 Å². The predicted octanol–water partition coefficient (Wildman–Crippen LogP) is 7.13. The quantitative estimate of drug-likeness (QED) is 0.442. The minimum absolute atomic E-state index is 0.0823. The van der Waals surface area contributed by atoms with Crippen molar-refractivity contribution in [1.82, 2.24) is 0 Å². The number of allylic oxidation sites excluding steroid dienone is 1. The average Bonchev–Trinajstić information content (AvgIpc) is 2.67. The minimum atomic E-state index is 0.0823. The highest BCUT2D eigenvalue weighted by molar-refractivity contribution is 6.31. The van der Waals surface area contributed by atoms with Crippen LogP contribution in [0.3, 0.4) is 0 Å². The van der Waals surface area contributed by atoms with Gasteiger partial charge in [-0.3, -0.25) is 0 Å². The number of nitrogens with zero attached hydrogens (tertiary/aromatic N) is 1. The van der Waals surface area contributed by atoms with Crippen LogP contribution in [0.2, 0.25) is 0 Å². The molecule has 0 saturated carbocycles.